The molecule has 2 atom stereocenters. The second-order valence-corrected chi connectivity index (χ2v) is 6.73. The number of benzene rings is 1. The lowest BCUT2D eigenvalue weighted by molar-refractivity contribution is -0.158. The van der Waals surface area contributed by atoms with E-state index in [1.54, 1.807) is 0 Å². The van der Waals surface area contributed by atoms with E-state index in [0.717, 1.165) is 5.56 Å². The SMILES string of the molecule is COC(=O)[C@]1(Cc2ccccc2)CO[C@H](C(C)(C)C)N1C=O. The van der Waals surface area contributed by atoms with Gasteiger partial charge in [0.1, 0.15) is 6.23 Å². The van der Waals surface area contributed by atoms with Gasteiger partial charge in [-0.3, -0.25) is 9.69 Å². The quantitative estimate of drug-likeness (QED) is 0.631. The number of ether oxygens (including phenoxy) is 2. The first-order chi connectivity index (χ1) is 10.3. The van der Waals surface area contributed by atoms with Gasteiger partial charge in [-0.2, -0.15) is 0 Å². The summed E-state index contributed by atoms with van der Waals surface area (Å²) in [7, 11) is 1.34. The van der Waals surface area contributed by atoms with Gasteiger partial charge < -0.3 is 9.47 Å². The molecule has 1 amide bonds. The van der Waals surface area contributed by atoms with Gasteiger partial charge in [0.05, 0.1) is 13.7 Å². The molecule has 1 aliphatic rings. The van der Waals surface area contributed by atoms with Crippen molar-refractivity contribution in [2.24, 2.45) is 5.41 Å². The monoisotopic (exact) mass is 305 g/mol. The van der Waals surface area contributed by atoms with Gasteiger partial charge in [0.2, 0.25) is 6.41 Å². The lowest BCUT2D eigenvalue weighted by Crippen LogP contribution is -2.58. The van der Waals surface area contributed by atoms with E-state index in [0.29, 0.717) is 12.8 Å². The van der Waals surface area contributed by atoms with E-state index in [2.05, 4.69) is 0 Å². The van der Waals surface area contributed by atoms with E-state index in [9.17, 15) is 9.59 Å². The molecule has 1 aromatic rings. The van der Waals surface area contributed by atoms with Crippen LogP contribution in [0.1, 0.15) is 26.3 Å². The van der Waals surface area contributed by atoms with Crippen LogP contribution in [0.3, 0.4) is 0 Å². The molecule has 5 nitrogen and oxygen atoms in total. The van der Waals surface area contributed by atoms with Crippen molar-refractivity contribution >= 4 is 12.4 Å². The van der Waals surface area contributed by atoms with Crippen molar-refractivity contribution in [1.82, 2.24) is 4.90 Å². The van der Waals surface area contributed by atoms with Crippen molar-refractivity contribution in [2.45, 2.75) is 39.0 Å². The van der Waals surface area contributed by atoms with Gasteiger partial charge >= 0.3 is 5.97 Å². The van der Waals surface area contributed by atoms with Crippen molar-refractivity contribution in [3.63, 3.8) is 0 Å². The minimum atomic E-state index is -1.12. The Bertz CT molecular complexity index is 537. The Balaban J connectivity index is 2.42. The Labute approximate surface area is 131 Å². The van der Waals surface area contributed by atoms with Gasteiger partial charge in [-0.25, -0.2) is 4.79 Å². The normalized spacial score (nSPS) is 25.1. The van der Waals surface area contributed by atoms with Gasteiger partial charge in [0.15, 0.2) is 5.54 Å². The van der Waals surface area contributed by atoms with Crippen LogP contribution in [-0.2, 0) is 25.5 Å². The molecule has 0 unspecified atom stereocenters. The summed E-state index contributed by atoms with van der Waals surface area (Å²) in [5.41, 5.74) is -0.457. The molecule has 1 heterocycles. The van der Waals surface area contributed by atoms with Crippen molar-refractivity contribution < 1.29 is 19.1 Å². The molecule has 120 valence electrons. The summed E-state index contributed by atoms with van der Waals surface area (Å²) >= 11 is 0. The Hall–Kier alpha value is -1.88. The summed E-state index contributed by atoms with van der Waals surface area (Å²) in [6, 6.07) is 9.58. The number of hydrogen-bond acceptors (Lipinski definition) is 4. The highest BCUT2D eigenvalue weighted by atomic mass is 16.5. The molecule has 2 rings (SSSR count). The fraction of sp³-hybridized carbons (Fsp3) is 0.529. The van der Waals surface area contributed by atoms with Crippen LogP contribution in [0.25, 0.3) is 0 Å². The number of methoxy groups -OCH3 is 1. The minimum Gasteiger partial charge on any atom is -0.467 e. The van der Waals surface area contributed by atoms with Crippen LogP contribution in [-0.4, -0.2) is 42.8 Å². The molecule has 1 saturated heterocycles. The third kappa shape index (κ3) is 2.86. The van der Waals surface area contributed by atoms with Crippen molar-refractivity contribution in [1.29, 1.82) is 0 Å². The Morgan fingerprint density at radius 1 is 1.41 bits per heavy atom. The average molecular weight is 305 g/mol. The molecular weight excluding hydrogens is 282 g/mol. The molecule has 22 heavy (non-hydrogen) atoms. The predicted octanol–water partition coefficient (Wildman–Crippen LogP) is 2.00. The van der Waals surface area contributed by atoms with Gasteiger partial charge in [-0.1, -0.05) is 51.1 Å². The first-order valence-electron chi connectivity index (χ1n) is 7.33. The zero-order valence-corrected chi connectivity index (χ0v) is 13.5. The van der Waals surface area contributed by atoms with E-state index >= 15 is 0 Å². The zero-order valence-electron chi connectivity index (χ0n) is 13.5. The Kier molecular flexibility index (Phi) is 4.56. The maximum Gasteiger partial charge on any atom is 0.334 e. The maximum atomic E-state index is 12.5. The largest absolute Gasteiger partial charge is 0.467 e. The Morgan fingerprint density at radius 3 is 2.55 bits per heavy atom. The number of rotatable bonds is 4. The number of carbonyl (C=O) groups is 2. The summed E-state index contributed by atoms with van der Waals surface area (Å²) in [4.78, 5) is 25.7. The molecule has 0 aromatic heterocycles. The molecule has 0 radical (unpaired) electrons. The Morgan fingerprint density at radius 2 is 2.05 bits per heavy atom. The van der Waals surface area contributed by atoms with Gasteiger partial charge in [-0.15, -0.1) is 0 Å². The molecule has 0 aliphatic carbocycles. The van der Waals surface area contributed by atoms with Gasteiger partial charge in [-0.05, 0) is 5.56 Å². The third-order valence-corrected chi connectivity index (χ3v) is 3.99. The zero-order chi connectivity index (χ0) is 16.4. The van der Waals surface area contributed by atoms with E-state index in [1.807, 2.05) is 51.1 Å². The molecule has 0 N–H and O–H groups in total. The summed E-state index contributed by atoms with van der Waals surface area (Å²) in [5.74, 6) is -0.449. The molecular formula is C17H23NO4. The fourth-order valence-corrected chi connectivity index (χ4v) is 2.92. The van der Waals surface area contributed by atoms with Crippen LogP contribution >= 0.6 is 0 Å². The second kappa shape index (κ2) is 6.08. The summed E-state index contributed by atoms with van der Waals surface area (Å²) in [6.45, 7) is 6.06. The highest BCUT2D eigenvalue weighted by Gasteiger charge is 2.56. The van der Waals surface area contributed by atoms with Gasteiger partial charge in [0.25, 0.3) is 0 Å². The summed E-state index contributed by atoms with van der Waals surface area (Å²) in [5, 5.41) is 0. The summed E-state index contributed by atoms with van der Waals surface area (Å²) in [6.07, 6.45) is 0.599. The third-order valence-electron chi connectivity index (χ3n) is 3.99. The van der Waals surface area contributed by atoms with E-state index in [1.165, 1.54) is 12.0 Å². The van der Waals surface area contributed by atoms with Crippen LogP contribution in [0.15, 0.2) is 30.3 Å². The van der Waals surface area contributed by atoms with Crippen LogP contribution in [0.4, 0.5) is 0 Å². The van der Waals surface area contributed by atoms with E-state index < -0.39 is 17.7 Å². The first-order valence-corrected chi connectivity index (χ1v) is 7.33. The highest BCUT2D eigenvalue weighted by molar-refractivity contribution is 5.84. The predicted molar refractivity (Wildman–Crippen MR) is 82.0 cm³/mol. The molecule has 1 aromatic carbocycles. The summed E-state index contributed by atoms with van der Waals surface area (Å²) < 4.78 is 10.8. The standard InChI is InChI=1S/C17H23NO4/c1-16(2,3)14-18(12-19)17(11-22-14,15(20)21-4)10-13-8-6-5-7-9-13/h5-9,12,14H,10-11H2,1-4H3/t14-,17+/m1/s1. The fourth-order valence-electron chi connectivity index (χ4n) is 2.92. The second-order valence-electron chi connectivity index (χ2n) is 6.73. The number of amides is 1. The molecule has 0 spiro atoms. The van der Waals surface area contributed by atoms with Crippen molar-refractivity contribution in [3.05, 3.63) is 35.9 Å². The maximum absolute atomic E-state index is 12.5. The topological polar surface area (TPSA) is 55.8 Å². The number of nitrogens with zero attached hydrogens (tertiary/aromatic N) is 1. The average Bonchev–Trinajstić information content (AvgIpc) is 2.87. The molecule has 1 fully saturated rings. The molecule has 5 heteroatoms. The number of hydrogen-bond donors (Lipinski definition) is 0. The van der Waals surface area contributed by atoms with E-state index in [-0.39, 0.29) is 12.0 Å². The highest BCUT2D eigenvalue weighted by Crippen LogP contribution is 2.38. The van der Waals surface area contributed by atoms with Crippen molar-refractivity contribution in [3.8, 4) is 0 Å². The first kappa shape index (κ1) is 16.5. The number of esters is 1. The van der Waals surface area contributed by atoms with Crippen LogP contribution < -0.4 is 0 Å². The number of carbonyl (C=O) groups excluding carboxylic acids is 2. The molecule has 0 bridgehead atoms. The van der Waals surface area contributed by atoms with Crippen LogP contribution in [0.5, 0.6) is 0 Å². The molecule has 0 saturated carbocycles. The van der Waals surface area contributed by atoms with E-state index in [4.69, 9.17) is 9.47 Å². The smallest absolute Gasteiger partial charge is 0.334 e. The lowest BCUT2D eigenvalue weighted by atomic mass is 9.87. The molecule has 1 aliphatic heterocycles. The van der Waals surface area contributed by atoms with Crippen LogP contribution in [0.2, 0.25) is 0 Å². The lowest BCUT2D eigenvalue weighted by Gasteiger charge is -2.38. The van der Waals surface area contributed by atoms with Gasteiger partial charge in [0, 0.05) is 11.8 Å². The van der Waals surface area contributed by atoms with Crippen molar-refractivity contribution in [2.75, 3.05) is 13.7 Å². The minimum absolute atomic E-state index is 0.134. The van der Waals surface area contributed by atoms with Crippen LogP contribution in [0, 0.1) is 5.41 Å².